The highest BCUT2D eigenvalue weighted by Gasteiger charge is 2.28. The van der Waals surface area contributed by atoms with Crippen molar-refractivity contribution < 1.29 is 19.8 Å². The number of para-hydroxylation sites is 1. The van der Waals surface area contributed by atoms with Crippen molar-refractivity contribution in [3.8, 4) is 0 Å². The molecule has 0 aliphatic carbocycles. The first-order valence-electron chi connectivity index (χ1n) is 8.18. The van der Waals surface area contributed by atoms with Gasteiger partial charge in [0.05, 0.1) is 6.10 Å². The first-order chi connectivity index (χ1) is 11.4. The zero-order chi connectivity index (χ0) is 17.9. The van der Waals surface area contributed by atoms with Crippen LogP contribution in [0.25, 0.3) is 10.9 Å². The number of hydrogen-bond donors (Lipinski definition) is 3. The third-order valence-corrected chi connectivity index (χ3v) is 4.21. The van der Waals surface area contributed by atoms with Crippen molar-refractivity contribution in [2.24, 2.45) is 0 Å². The molecule has 2 rings (SSSR count). The number of unbranched alkanes of at least 4 members (excludes halogenated alkanes) is 1. The summed E-state index contributed by atoms with van der Waals surface area (Å²) in [7, 11) is 0. The van der Waals surface area contributed by atoms with Crippen LogP contribution in [0.3, 0.4) is 0 Å². The molecule has 0 saturated carbocycles. The fourth-order valence-electron chi connectivity index (χ4n) is 2.92. The van der Waals surface area contributed by atoms with Crippen molar-refractivity contribution in [1.29, 1.82) is 0 Å². The molecule has 1 aromatic heterocycles. The number of nitrogens with one attached hydrogen (secondary N) is 1. The summed E-state index contributed by atoms with van der Waals surface area (Å²) < 4.78 is 1.93. The molecular formula is C18H24N2O4. The van der Waals surface area contributed by atoms with Crippen LogP contribution in [0, 0.1) is 6.92 Å². The predicted octanol–water partition coefficient (Wildman–Crippen LogP) is 2.31. The number of carbonyl (C=O) groups is 2. The van der Waals surface area contributed by atoms with Crippen molar-refractivity contribution in [3.63, 3.8) is 0 Å². The lowest BCUT2D eigenvalue weighted by Crippen LogP contribution is -2.48. The number of aryl methyl sites for hydroxylation is 2. The van der Waals surface area contributed by atoms with E-state index in [0.717, 1.165) is 29.3 Å². The van der Waals surface area contributed by atoms with Gasteiger partial charge in [-0.05, 0) is 31.9 Å². The van der Waals surface area contributed by atoms with Crippen molar-refractivity contribution in [1.82, 2.24) is 9.88 Å². The fraction of sp³-hybridized carbons (Fsp3) is 0.444. The maximum atomic E-state index is 12.7. The molecule has 2 unspecified atom stereocenters. The summed E-state index contributed by atoms with van der Waals surface area (Å²) in [5.74, 6) is -1.74. The van der Waals surface area contributed by atoms with Gasteiger partial charge in [-0.25, -0.2) is 4.79 Å². The van der Waals surface area contributed by atoms with E-state index in [-0.39, 0.29) is 0 Å². The zero-order valence-electron chi connectivity index (χ0n) is 14.2. The maximum Gasteiger partial charge on any atom is 0.328 e. The van der Waals surface area contributed by atoms with Crippen LogP contribution in [0.2, 0.25) is 0 Å². The van der Waals surface area contributed by atoms with Crippen LogP contribution < -0.4 is 5.32 Å². The average Bonchev–Trinajstić information content (AvgIpc) is 2.82. The van der Waals surface area contributed by atoms with E-state index in [1.807, 2.05) is 35.8 Å². The molecule has 3 N–H and O–H groups in total. The summed E-state index contributed by atoms with van der Waals surface area (Å²) in [4.78, 5) is 24.0. The van der Waals surface area contributed by atoms with E-state index in [0.29, 0.717) is 12.2 Å². The van der Waals surface area contributed by atoms with Crippen molar-refractivity contribution in [2.75, 3.05) is 0 Å². The van der Waals surface area contributed by atoms with Crippen molar-refractivity contribution in [3.05, 3.63) is 35.5 Å². The number of aliphatic carboxylic acids is 1. The largest absolute Gasteiger partial charge is 0.480 e. The fourth-order valence-corrected chi connectivity index (χ4v) is 2.92. The normalized spacial score (nSPS) is 13.7. The third kappa shape index (κ3) is 3.43. The number of aromatic nitrogens is 1. The van der Waals surface area contributed by atoms with Crippen molar-refractivity contribution >= 4 is 22.8 Å². The van der Waals surface area contributed by atoms with Crippen LogP contribution in [0.1, 0.15) is 42.7 Å². The van der Waals surface area contributed by atoms with Gasteiger partial charge in [0, 0.05) is 17.4 Å². The second kappa shape index (κ2) is 7.49. The van der Waals surface area contributed by atoms with Crippen LogP contribution in [0.5, 0.6) is 0 Å². The Morgan fingerprint density at radius 2 is 1.96 bits per heavy atom. The standard InChI is InChI=1S/C18H24N2O4/c1-4-5-10-20-14-9-7-6-8-13(14)11(2)16(20)17(22)19-15(12(3)21)18(23)24/h6-9,12,15,21H,4-5,10H2,1-3H3,(H,19,22)(H,23,24). The van der Waals surface area contributed by atoms with Gasteiger partial charge in [0.2, 0.25) is 0 Å². The zero-order valence-corrected chi connectivity index (χ0v) is 14.2. The summed E-state index contributed by atoms with van der Waals surface area (Å²) in [5, 5.41) is 22.2. The van der Waals surface area contributed by atoms with Gasteiger partial charge in [-0.2, -0.15) is 0 Å². The lowest BCUT2D eigenvalue weighted by molar-refractivity contribution is -0.141. The molecule has 6 nitrogen and oxygen atoms in total. The minimum atomic E-state index is -1.34. The molecular weight excluding hydrogens is 308 g/mol. The van der Waals surface area contributed by atoms with E-state index < -0.39 is 24.0 Å². The quantitative estimate of drug-likeness (QED) is 0.725. The van der Waals surface area contributed by atoms with Gasteiger partial charge >= 0.3 is 5.97 Å². The second-order valence-electron chi connectivity index (χ2n) is 6.03. The first kappa shape index (κ1) is 18.0. The number of rotatable bonds is 7. The Kier molecular flexibility index (Phi) is 5.62. The van der Waals surface area contributed by atoms with Gasteiger partial charge < -0.3 is 20.1 Å². The van der Waals surface area contributed by atoms with Crippen LogP contribution in [-0.4, -0.2) is 38.8 Å². The highest BCUT2D eigenvalue weighted by atomic mass is 16.4. The first-order valence-corrected chi connectivity index (χ1v) is 8.18. The Morgan fingerprint density at radius 3 is 2.54 bits per heavy atom. The molecule has 2 atom stereocenters. The molecule has 0 aliphatic heterocycles. The Balaban J connectivity index is 2.48. The number of amides is 1. The Hall–Kier alpha value is -2.34. The molecule has 0 aliphatic rings. The topological polar surface area (TPSA) is 91.6 Å². The monoisotopic (exact) mass is 332 g/mol. The smallest absolute Gasteiger partial charge is 0.328 e. The average molecular weight is 332 g/mol. The number of benzene rings is 1. The van der Waals surface area contributed by atoms with Gasteiger partial charge in [-0.3, -0.25) is 4.79 Å². The summed E-state index contributed by atoms with van der Waals surface area (Å²) in [6.07, 6.45) is 0.718. The SMILES string of the molecule is CCCCn1c(C(=O)NC(C(=O)O)C(C)O)c(C)c2ccccc21. The highest BCUT2D eigenvalue weighted by molar-refractivity contribution is 6.02. The molecule has 2 aromatic rings. The molecule has 130 valence electrons. The van der Waals surface area contributed by atoms with Gasteiger partial charge in [-0.15, -0.1) is 0 Å². The van der Waals surface area contributed by atoms with Gasteiger partial charge in [0.1, 0.15) is 5.69 Å². The summed E-state index contributed by atoms with van der Waals surface area (Å²) in [6.45, 7) is 5.96. The van der Waals surface area contributed by atoms with Gasteiger partial charge in [-0.1, -0.05) is 31.5 Å². The molecule has 0 saturated heterocycles. The van der Waals surface area contributed by atoms with Gasteiger partial charge in [0.15, 0.2) is 6.04 Å². The highest BCUT2D eigenvalue weighted by Crippen LogP contribution is 2.26. The lowest BCUT2D eigenvalue weighted by atomic mass is 10.1. The summed E-state index contributed by atoms with van der Waals surface area (Å²) in [5.41, 5.74) is 2.23. The van der Waals surface area contributed by atoms with E-state index in [4.69, 9.17) is 0 Å². The Bertz CT molecular complexity index is 749. The minimum absolute atomic E-state index is 0.455. The molecule has 0 bridgehead atoms. The van der Waals surface area contributed by atoms with E-state index in [2.05, 4.69) is 12.2 Å². The number of carbonyl (C=O) groups excluding carboxylic acids is 1. The van der Waals surface area contributed by atoms with E-state index in [1.54, 1.807) is 0 Å². The number of fused-ring (bicyclic) bond motifs is 1. The molecule has 1 aromatic carbocycles. The molecule has 1 amide bonds. The number of carboxylic acid groups (broad SMARTS) is 1. The Labute approximate surface area is 141 Å². The number of aliphatic hydroxyl groups excluding tert-OH is 1. The van der Waals surface area contributed by atoms with Gasteiger partial charge in [0.25, 0.3) is 5.91 Å². The second-order valence-corrected chi connectivity index (χ2v) is 6.03. The number of nitrogens with zero attached hydrogens (tertiary/aromatic N) is 1. The molecule has 0 radical (unpaired) electrons. The molecule has 24 heavy (non-hydrogen) atoms. The summed E-state index contributed by atoms with van der Waals surface area (Å²) in [6, 6.07) is 6.40. The Morgan fingerprint density at radius 1 is 1.29 bits per heavy atom. The number of hydrogen-bond acceptors (Lipinski definition) is 3. The third-order valence-electron chi connectivity index (χ3n) is 4.21. The number of carboxylic acids is 1. The van der Waals surface area contributed by atoms with Crippen molar-refractivity contribution in [2.45, 2.75) is 52.3 Å². The van der Waals surface area contributed by atoms with Crippen LogP contribution in [0.4, 0.5) is 0 Å². The number of aliphatic hydroxyl groups is 1. The van der Waals surface area contributed by atoms with Crippen LogP contribution in [-0.2, 0) is 11.3 Å². The van der Waals surface area contributed by atoms with E-state index >= 15 is 0 Å². The van der Waals surface area contributed by atoms with E-state index in [1.165, 1.54) is 6.92 Å². The molecule has 0 fully saturated rings. The van der Waals surface area contributed by atoms with Crippen LogP contribution >= 0.6 is 0 Å². The molecule has 1 heterocycles. The summed E-state index contributed by atoms with van der Waals surface area (Å²) >= 11 is 0. The predicted molar refractivity (Wildman–Crippen MR) is 92.2 cm³/mol. The molecule has 0 spiro atoms. The van der Waals surface area contributed by atoms with Crippen LogP contribution in [0.15, 0.2) is 24.3 Å². The lowest BCUT2D eigenvalue weighted by Gasteiger charge is -2.18. The molecule has 6 heteroatoms. The maximum absolute atomic E-state index is 12.7. The minimum Gasteiger partial charge on any atom is -0.480 e. The van der Waals surface area contributed by atoms with E-state index in [9.17, 15) is 19.8 Å².